The van der Waals surface area contributed by atoms with Gasteiger partial charge in [0.25, 0.3) is 0 Å². The predicted octanol–water partition coefficient (Wildman–Crippen LogP) is 4.05. The predicted molar refractivity (Wildman–Crippen MR) is 142 cm³/mol. The molecule has 10 heteroatoms. The van der Waals surface area contributed by atoms with Crippen molar-refractivity contribution >= 4 is 36.9 Å². The highest BCUT2D eigenvalue weighted by molar-refractivity contribution is 7.59. The third-order valence-electron chi connectivity index (χ3n) is 5.55. The second kappa shape index (κ2) is 11.3. The van der Waals surface area contributed by atoms with Crippen LogP contribution in [0, 0.1) is 6.92 Å². The van der Waals surface area contributed by atoms with E-state index in [4.69, 9.17) is 9.47 Å². The zero-order chi connectivity index (χ0) is 24.2. The van der Waals surface area contributed by atoms with Crippen molar-refractivity contribution in [1.29, 1.82) is 0 Å². The summed E-state index contributed by atoms with van der Waals surface area (Å²) in [5.41, 5.74) is 3.42. The van der Waals surface area contributed by atoms with E-state index in [-0.39, 0.29) is 31.5 Å². The fraction of sp³-hybridized carbons (Fsp3) is 0.360. The zero-order valence-corrected chi connectivity index (χ0v) is 21.6. The van der Waals surface area contributed by atoms with Gasteiger partial charge in [0.2, 0.25) is 17.7 Å². The number of carbonyl (C=O) groups excluding carboxylic acids is 1. The Morgan fingerprint density at radius 1 is 1.11 bits per heavy atom. The van der Waals surface area contributed by atoms with Gasteiger partial charge in [0.15, 0.2) is 5.82 Å². The van der Waals surface area contributed by atoms with Gasteiger partial charge in [-0.3, -0.25) is 4.79 Å². The van der Waals surface area contributed by atoms with Gasteiger partial charge in [-0.25, -0.2) is 9.97 Å². The van der Waals surface area contributed by atoms with Crippen LogP contribution in [0.5, 0.6) is 11.6 Å². The topological polar surface area (TPSA) is 102 Å². The van der Waals surface area contributed by atoms with Crippen LogP contribution >= 0.6 is 13.5 Å². The molecule has 0 saturated carbocycles. The van der Waals surface area contributed by atoms with Gasteiger partial charge in [0.1, 0.15) is 24.1 Å². The van der Waals surface area contributed by atoms with Crippen LogP contribution in [0.15, 0.2) is 42.6 Å². The number of nitrogens with zero attached hydrogens (tertiary/aromatic N) is 4. The highest BCUT2D eigenvalue weighted by atomic mass is 32.1. The third kappa shape index (κ3) is 6.33. The lowest BCUT2D eigenvalue weighted by Gasteiger charge is -2.32. The van der Waals surface area contributed by atoms with E-state index in [9.17, 15) is 4.79 Å². The number of carbonyl (C=O) groups is 1. The highest BCUT2D eigenvalue weighted by Gasteiger charge is 2.30. The van der Waals surface area contributed by atoms with Crippen molar-refractivity contribution in [3.63, 3.8) is 0 Å². The Bertz CT molecular complexity index is 1160. The van der Waals surface area contributed by atoms with E-state index < -0.39 is 0 Å². The molecule has 0 spiro atoms. The number of nitrogens with one attached hydrogen (secondary N) is 2. The van der Waals surface area contributed by atoms with Gasteiger partial charge in [-0.1, -0.05) is 12.1 Å². The summed E-state index contributed by atoms with van der Waals surface area (Å²) >= 11 is 0. The molecule has 0 bridgehead atoms. The van der Waals surface area contributed by atoms with E-state index in [0.717, 1.165) is 22.6 Å². The third-order valence-corrected chi connectivity index (χ3v) is 5.55. The summed E-state index contributed by atoms with van der Waals surface area (Å²) in [6.07, 6.45) is 1.86. The summed E-state index contributed by atoms with van der Waals surface area (Å²) in [5.74, 6) is 2.56. The molecule has 1 aliphatic heterocycles. The first kappa shape index (κ1) is 26.1. The summed E-state index contributed by atoms with van der Waals surface area (Å²) in [4.78, 5) is 27.3. The number of hydrogen-bond donors (Lipinski definition) is 2. The van der Waals surface area contributed by atoms with Crippen molar-refractivity contribution < 1.29 is 14.3 Å². The van der Waals surface area contributed by atoms with Gasteiger partial charge in [-0.15, -0.1) is 0 Å². The van der Waals surface area contributed by atoms with Crippen molar-refractivity contribution in [2.75, 3.05) is 22.6 Å². The lowest BCUT2D eigenvalue weighted by Crippen LogP contribution is -2.44. The normalized spacial score (nSPS) is 14.6. The maximum absolute atomic E-state index is 12.1. The monoisotopic (exact) mass is 496 g/mol. The molecule has 1 aromatic carbocycles. The molecule has 3 heterocycles. The van der Waals surface area contributed by atoms with Crippen LogP contribution in [-0.4, -0.2) is 40.1 Å². The van der Waals surface area contributed by atoms with Crippen LogP contribution in [0.25, 0.3) is 0 Å². The molecule has 0 aliphatic carbocycles. The summed E-state index contributed by atoms with van der Waals surface area (Å²) in [7, 11) is 1.86. The first-order valence-corrected chi connectivity index (χ1v) is 11.3. The fourth-order valence-electron chi connectivity index (χ4n) is 3.48. The molecule has 0 saturated heterocycles. The Kier molecular flexibility index (Phi) is 8.39. The molecule has 3 aromatic rings. The molecule has 0 fully saturated rings. The minimum Gasteiger partial charge on any atom is -0.489 e. The minimum absolute atomic E-state index is 0. The number of pyridine rings is 1. The number of benzene rings is 1. The Morgan fingerprint density at radius 2 is 1.83 bits per heavy atom. The number of ether oxygens (including phenoxy) is 2. The Morgan fingerprint density at radius 3 is 2.49 bits per heavy atom. The molecule has 0 unspecified atom stereocenters. The van der Waals surface area contributed by atoms with Gasteiger partial charge in [-0.2, -0.15) is 18.5 Å². The summed E-state index contributed by atoms with van der Waals surface area (Å²) in [5, 5.41) is 6.16. The van der Waals surface area contributed by atoms with Gasteiger partial charge < -0.3 is 25.0 Å². The number of likely N-dealkylation sites (N-methyl/N-ethyl adjacent to an activating group) is 1. The largest absolute Gasteiger partial charge is 0.489 e. The second-order valence-electron chi connectivity index (χ2n) is 8.56. The smallest absolute Gasteiger partial charge is 0.246 e. The van der Waals surface area contributed by atoms with Crippen LogP contribution in [0.3, 0.4) is 0 Å². The van der Waals surface area contributed by atoms with Gasteiger partial charge >= 0.3 is 0 Å². The van der Waals surface area contributed by atoms with Crippen LogP contribution in [0.4, 0.5) is 17.5 Å². The lowest BCUT2D eigenvalue weighted by atomic mass is 10.2. The van der Waals surface area contributed by atoms with E-state index in [1.54, 1.807) is 6.20 Å². The molecular weight excluding hydrogens is 464 g/mol. The molecule has 1 aliphatic rings. The molecule has 1 amide bonds. The molecule has 1 atom stereocenters. The molecule has 2 N–H and O–H groups in total. The van der Waals surface area contributed by atoms with Crippen molar-refractivity contribution in [2.45, 2.75) is 53.0 Å². The van der Waals surface area contributed by atoms with E-state index >= 15 is 0 Å². The number of aromatic nitrogens is 3. The van der Waals surface area contributed by atoms with Crippen LogP contribution in [0.1, 0.15) is 37.6 Å². The average molecular weight is 497 g/mol. The molecule has 4 rings (SSSR count). The number of anilines is 3. The number of rotatable bonds is 8. The number of aryl methyl sites for hydroxylation is 1. The van der Waals surface area contributed by atoms with Gasteiger partial charge in [0.05, 0.1) is 11.8 Å². The van der Waals surface area contributed by atoms with Crippen LogP contribution in [-0.2, 0) is 17.9 Å². The molecule has 9 nitrogen and oxygen atoms in total. The van der Waals surface area contributed by atoms with Crippen LogP contribution < -0.4 is 25.0 Å². The van der Waals surface area contributed by atoms with Gasteiger partial charge in [-0.05, 0) is 51.5 Å². The van der Waals surface area contributed by atoms with E-state index in [0.29, 0.717) is 36.5 Å². The van der Waals surface area contributed by atoms with Crippen molar-refractivity contribution in [1.82, 2.24) is 15.0 Å². The zero-order valence-electron chi connectivity index (χ0n) is 20.6. The lowest BCUT2D eigenvalue weighted by molar-refractivity contribution is -0.117. The Hall–Kier alpha value is -3.53. The number of fused-ring (bicyclic) bond motifs is 1. The first-order chi connectivity index (χ1) is 16.3. The van der Waals surface area contributed by atoms with E-state index in [1.807, 2.05) is 76.0 Å². The molecule has 186 valence electrons. The summed E-state index contributed by atoms with van der Waals surface area (Å²) < 4.78 is 11.4. The molecular formula is C25H32N6O3S. The number of hydrogen-bond acceptors (Lipinski definition) is 8. The fourth-order valence-corrected chi connectivity index (χ4v) is 3.48. The van der Waals surface area contributed by atoms with Crippen molar-refractivity contribution in [2.24, 2.45) is 0 Å². The average Bonchev–Trinajstić information content (AvgIpc) is 2.82. The minimum atomic E-state index is -0.288. The van der Waals surface area contributed by atoms with E-state index in [1.165, 1.54) is 0 Å². The summed E-state index contributed by atoms with van der Waals surface area (Å²) in [6, 6.07) is 11.4. The maximum atomic E-state index is 12.1. The molecule has 0 radical (unpaired) electrons. The first-order valence-electron chi connectivity index (χ1n) is 11.3. The van der Waals surface area contributed by atoms with E-state index in [2.05, 4.69) is 25.6 Å². The van der Waals surface area contributed by atoms with Crippen LogP contribution in [0.2, 0.25) is 0 Å². The van der Waals surface area contributed by atoms with Crippen molar-refractivity contribution in [3.05, 3.63) is 59.4 Å². The molecule has 2 aromatic heterocycles. The maximum Gasteiger partial charge on any atom is 0.246 e. The Balaban J connectivity index is 0.00000342. The molecule has 35 heavy (non-hydrogen) atoms. The van der Waals surface area contributed by atoms with Crippen molar-refractivity contribution in [3.8, 4) is 11.6 Å². The standard InChI is InChI=1S/C25H30N6O3.H2S/c1-15(2)34-21-11-8-19(13-26-21)14-33-20-9-6-18(7-10-20)12-27-25-28-16(3)22-23(30-25)31(5)17(4)24(32)29-22;/h6-11,13,15,17H,12,14H2,1-5H3,(H,29,32)(H,27,28,30);1H2/t17-;/m0./s1. The number of amides is 1. The summed E-state index contributed by atoms with van der Waals surface area (Å²) in [6.45, 7) is 8.64. The SMILES string of the molecule is Cc1nc(NCc2ccc(OCc3ccc(OC(C)C)nc3)cc2)nc2c1NC(=O)[C@H](C)N2C.S. The quantitative estimate of drug-likeness (QED) is 0.482. The second-order valence-corrected chi connectivity index (χ2v) is 8.56. The van der Waals surface area contributed by atoms with Gasteiger partial charge in [0, 0.05) is 31.4 Å². The highest BCUT2D eigenvalue weighted by Crippen LogP contribution is 2.32. The Labute approximate surface area is 212 Å².